The molecule has 1 heterocycles. The average Bonchev–Trinajstić information content (AvgIpc) is 2.66. The predicted molar refractivity (Wildman–Crippen MR) is 110 cm³/mol. The van der Waals surface area contributed by atoms with E-state index in [1.807, 2.05) is 43.3 Å². The van der Waals surface area contributed by atoms with E-state index >= 15 is 0 Å². The quantitative estimate of drug-likeness (QED) is 0.516. The predicted octanol–water partition coefficient (Wildman–Crippen LogP) is 5.74. The van der Waals surface area contributed by atoms with E-state index in [0.717, 1.165) is 30.0 Å². The third-order valence-corrected chi connectivity index (χ3v) is 4.71. The van der Waals surface area contributed by atoms with Crippen molar-refractivity contribution < 1.29 is 4.74 Å². The van der Waals surface area contributed by atoms with Crippen LogP contribution < -0.4 is 10.3 Å². The van der Waals surface area contributed by atoms with Gasteiger partial charge in [0.15, 0.2) is 0 Å². The maximum absolute atomic E-state index is 11.9. The van der Waals surface area contributed by atoms with Crippen LogP contribution in [0.25, 0.3) is 11.1 Å². The first-order valence-corrected chi connectivity index (χ1v) is 10.0. The van der Waals surface area contributed by atoms with Gasteiger partial charge in [0.05, 0.1) is 6.61 Å². The highest BCUT2D eigenvalue weighted by Crippen LogP contribution is 2.24. The van der Waals surface area contributed by atoms with E-state index in [2.05, 4.69) is 11.9 Å². The van der Waals surface area contributed by atoms with Crippen LogP contribution in [0.3, 0.4) is 0 Å². The summed E-state index contributed by atoms with van der Waals surface area (Å²) < 4.78 is 5.81. The second-order valence-electron chi connectivity index (χ2n) is 7.03. The molecule has 1 aromatic heterocycles. The van der Waals surface area contributed by atoms with E-state index in [0.29, 0.717) is 5.56 Å². The normalized spacial score (nSPS) is 10.6. The lowest BCUT2D eigenvalue weighted by Gasteiger charge is -2.09. The number of aryl methyl sites for hydroxylation is 1. The Morgan fingerprint density at radius 2 is 1.63 bits per heavy atom. The van der Waals surface area contributed by atoms with Crippen LogP contribution in [0.4, 0.5) is 0 Å². The molecule has 144 valence electrons. The fourth-order valence-corrected chi connectivity index (χ4v) is 3.18. The van der Waals surface area contributed by atoms with Gasteiger partial charge >= 0.3 is 0 Å². The molecule has 1 N–H and O–H groups in total. The number of hydrogen-bond acceptors (Lipinski definition) is 3. The summed E-state index contributed by atoms with van der Waals surface area (Å²) in [6, 6.07) is 11.4. The summed E-state index contributed by atoms with van der Waals surface area (Å²) in [5, 5.41) is 9.26. The van der Waals surface area contributed by atoms with Gasteiger partial charge in [-0.25, -0.2) is 0 Å². The van der Waals surface area contributed by atoms with Crippen molar-refractivity contribution in [3.05, 3.63) is 51.9 Å². The lowest BCUT2D eigenvalue weighted by atomic mass is 10.0. The van der Waals surface area contributed by atoms with Crippen LogP contribution in [-0.4, -0.2) is 11.6 Å². The Balaban J connectivity index is 1.81. The Morgan fingerprint density at radius 3 is 2.26 bits per heavy atom. The molecule has 0 bridgehead atoms. The highest BCUT2D eigenvalue weighted by atomic mass is 16.5. The van der Waals surface area contributed by atoms with Gasteiger partial charge in [0.2, 0.25) is 0 Å². The molecule has 0 aliphatic heterocycles. The zero-order chi connectivity index (χ0) is 19.5. The molecular formula is C23H30N2O2. The molecule has 2 aromatic rings. The number of aromatic nitrogens is 1. The van der Waals surface area contributed by atoms with E-state index in [1.165, 1.54) is 44.9 Å². The van der Waals surface area contributed by atoms with Crippen LogP contribution >= 0.6 is 0 Å². The zero-order valence-corrected chi connectivity index (χ0v) is 16.5. The molecule has 0 aliphatic carbocycles. The minimum Gasteiger partial charge on any atom is -0.494 e. The Morgan fingerprint density at radius 1 is 1.00 bits per heavy atom. The highest BCUT2D eigenvalue weighted by Gasteiger charge is 2.10. The minimum atomic E-state index is -0.345. The van der Waals surface area contributed by atoms with Gasteiger partial charge < -0.3 is 9.72 Å². The molecule has 0 fully saturated rings. The number of ether oxygens (including phenoxy) is 1. The number of nitrogens with zero attached hydrogens (tertiary/aromatic N) is 1. The molecule has 4 heteroatoms. The van der Waals surface area contributed by atoms with Crippen molar-refractivity contribution in [2.24, 2.45) is 0 Å². The van der Waals surface area contributed by atoms with Crippen LogP contribution in [0, 0.1) is 18.3 Å². The van der Waals surface area contributed by atoms with E-state index in [1.54, 1.807) is 0 Å². The molecule has 0 saturated heterocycles. The second-order valence-corrected chi connectivity index (χ2v) is 7.03. The maximum atomic E-state index is 11.9. The van der Waals surface area contributed by atoms with Crippen molar-refractivity contribution in [2.45, 2.75) is 65.2 Å². The molecule has 0 radical (unpaired) electrons. The van der Waals surface area contributed by atoms with Gasteiger partial charge in [-0.15, -0.1) is 0 Å². The van der Waals surface area contributed by atoms with Crippen molar-refractivity contribution in [1.29, 1.82) is 5.26 Å². The number of hydrogen-bond donors (Lipinski definition) is 1. The van der Waals surface area contributed by atoms with Crippen molar-refractivity contribution >= 4 is 0 Å². The number of H-pyrrole nitrogens is 1. The first-order chi connectivity index (χ1) is 13.2. The molecule has 0 atom stereocenters. The number of unbranched alkanes of at least 4 members (excludes halogenated alkanes) is 7. The molecule has 27 heavy (non-hydrogen) atoms. The Labute approximate surface area is 162 Å². The largest absolute Gasteiger partial charge is 0.494 e. The summed E-state index contributed by atoms with van der Waals surface area (Å²) in [6.45, 7) is 4.78. The molecule has 4 nitrogen and oxygen atoms in total. The van der Waals surface area contributed by atoms with Crippen molar-refractivity contribution in [2.75, 3.05) is 6.61 Å². The smallest absolute Gasteiger partial charge is 0.266 e. The Kier molecular flexibility index (Phi) is 8.64. The number of nitriles is 1. The van der Waals surface area contributed by atoms with Gasteiger partial charge in [0, 0.05) is 11.3 Å². The van der Waals surface area contributed by atoms with Gasteiger partial charge in [-0.2, -0.15) is 5.26 Å². The Hall–Kier alpha value is -2.54. The molecule has 1 aromatic carbocycles. The van der Waals surface area contributed by atoms with E-state index in [-0.39, 0.29) is 11.1 Å². The molecule has 2 rings (SSSR count). The minimum absolute atomic E-state index is 0.146. The van der Waals surface area contributed by atoms with E-state index in [9.17, 15) is 10.1 Å². The number of nitrogens with one attached hydrogen (secondary N) is 1. The van der Waals surface area contributed by atoms with Crippen LogP contribution in [0.1, 0.15) is 69.5 Å². The lowest BCUT2D eigenvalue weighted by Crippen LogP contribution is -2.12. The second kappa shape index (κ2) is 11.2. The summed E-state index contributed by atoms with van der Waals surface area (Å²) in [5.41, 5.74) is 2.05. The fourth-order valence-electron chi connectivity index (χ4n) is 3.18. The molecule has 0 saturated carbocycles. The summed E-state index contributed by atoms with van der Waals surface area (Å²) >= 11 is 0. The standard InChI is InChI=1S/C23H30N2O2/c1-3-4-5-6-7-8-9-10-15-27-20-13-11-19(12-14-20)21-16-18(2)25-23(26)22(21)17-24/h11-14,16H,3-10,15H2,1-2H3,(H,25,26). The summed E-state index contributed by atoms with van der Waals surface area (Å²) in [6.07, 6.45) is 10.2. The van der Waals surface area contributed by atoms with Crippen LogP contribution in [-0.2, 0) is 0 Å². The van der Waals surface area contributed by atoms with Crippen molar-refractivity contribution in [3.63, 3.8) is 0 Å². The molecule has 0 aliphatic rings. The van der Waals surface area contributed by atoms with Gasteiger partial charge in [-0.3, -0.25) is 4.79 Å². The van der Waals surface area contributed by atoms with Crippen molar-refractivity contribution in [1.82, 2.24) is 4.98 Å². The zero-order valence-electron chi connectivity index (χ0n) is 16.5. The summed E-state index contributed by atoms with van der Waals surface area (Å²) in [7, 11) is 0. The van der Waals surface area contributed by atoms with Gasteiger partial charge in [-0.1, -0.05) is 64.0 Å². The van der Waals surface area contributed by atoms with Gasteiger partial charge in [0.25, 0.3) is 5.56 Å². The third-order valence-electron chi connectivity index (χ3n) is 4.71. The molecule has 0 unspecified atom stereocenters. The molecular weight excluding hydrogens is 336 g/mol. The van der Waals surface area contributed by atoms with Gasteiger partial charge in [-0.05, 0) is 37.1 Å². The SMILES string of the molecule is CCCCCCCCCCOc1ccc(-c2cc(C)[nH]c(=O)c2C#N)cc1. The summed E-state index contributed by atoms with van der Waals surface area (Å²) in [5.74, 6) is 0.821. The van der Waals surface area contributed by atoms with E-state index in [4.69, 9.17) is 4.74 Å². The first kappa shape index (κ1) is 20.8. The average molecular weight is 367 g/mol. The number of rotatable bonds is 11. The first-order valence-electron chi connectivity index (χ1n) is 10.0. The van der Waals surface area contributed by atoms with Crippen LogP contribution in [0.2, 0.25) is 0 Å². The lowest BCUT2D eigenvalue weighted by molar-refractivity contribution is 0.304. The van der Waals surface area contributed by atoms with Crippen molar-refractivity contribution in [3.8, 4) is 22.9 Å². The topological polar surface area (TPSA) is 65.9 Å². The highest BCUT2D eigenvalue weighted by molar-refractivity contribution is 5.70. The molecule has 0 amide bonds. The monoisotopic (exact) mass is 366 g/mol. The number of aromatic amines is 1. The number of pyridine rings is 1. The van der Waals surface area contributed by atoms with Crippen LogP contribution in [0.5, 0.6) is 5.75 Å². The fraction of sp³-hybridized carbons (Fsp3) is 0.478. The van der Waals surface area contributed by atoms with E-state index < -0.39 is 0 Å². The maximum Gasteiger partial charge on any atom is 0.266 e. The number of benzene rings is 1. The molecule has 0 spiro atoms. The van der Waals surface area contributed by atoms with Gasteiger partial charge in [0.1, 0.15) is 17.4 Å². The summed E-state index contributed by atoms with van der Waals surface area (Å²) in [4.78, 5) is 14.6. The third kappa shape index (κ3) is 6.60. The van der Waals surface area contributed by atoms with Crippen LogP contribution in [0.15, 0.2) is 35.1 Å². The Bertz CT molecular complexity index is 801.